The molecule has 0 atom stereocenters. The van der Waals surface area contributed by atoms with E-state index in [-0.39, 0.29) is 42.0 Å². The van der Waals surface area contributed by atoms with Crippen LogP contribution in [-0.4, -0.2) is 67.7 Å². The molecule has 2 N–H and O–H groups in total. The molecule has 2 aliphatic heterocycles. The largest absolute Gasteiger partial charge is 0.444 e. The molecule has 172 valence electrons. The molecule has 31 heavy (non-hydrogen) atoms. The number of carbonyl (C=O) groups excluding carboxylic acids is 2. The van der Waals surface area contributed by atoms with Crippen LogP contribution < -0.4 is 15.5 Å². The Hall–Kier alpha value is -2.04. The number of para-hydroxylation sites is 1. The first-order valence-electron chi connectivity index (χ1n) is 10.6. The summed E-state index contributed by atoms with van der Waals surface area (Å²) in [4.78, 5) is 32.3. The van der Waals surface area contributed by atoms with Gasteiger partial charge in [0, 0.05) is 45.3 Å². The van der Waals surface area contributed by atoms with Crippen LogP contribution in [0.15, 0.2) is 29.3 Å². The lowest BCUT2D eigenvalue weighted by molar-refractivity contribution is -0.118. The van der Waals surface area contributed by atoms with Crippen molar-refractivity contribution in [3.8, 4) is 0 Å². The van der Waals surface area contributed by atoms with Crippen LogP contribution in [0.25, 0.3) is 0 Å². The summed E-state index contributed by atoms with van der Waals surface area (Å²) in [7, 11) is 1.71. The van der Waals surface area contributed by atoms with E-state index in [1.165, 1.54) is 5.56 Å². The predicted molar refractivity (Wildman–Crippen MR) is 133 cm³/mol. The van der Waals surface area contributed by atoms with E-state index in [4.69, 9.17) is 4.74 Å². The van der Waals surface area contributed by atoms with Crippen molar-refractivity contribution >= 4 is 47.6 Å². The first-order chi connectivity index (χ1) is 14.3. The third kappa shape index (κ3) is 6.98. The number of benzene rings is 1. The maximum absolute atomic E-state index is 12.6. The van der Waals surface area contributed by atoms with Crippen molar-refractivity contribution in [2.75, 3.05) is 38.1 Å². The average molecular weight is 543 g/mol. The van der Waals surface area contributed by atoms with Gasteiger partial charge in [0.25, 0.3) is 0 Å². The van der Waals surface area contributed by atoms with E-state index in [2.05, 4.69) is 21.7 Å². The van der Waals surface area contributed by atoms with E-state index >= 15 is 0 Å². The number of anilines is 1. The number of hydrogen-bond donors (Lipinski definition) is 2. The number of hydrogen-bond acceptors (Lipinski definition) is 4. The molecule has 0 unspecified atom stereocenters. The molecule has 0 bridgehead atoms. The van der Waals surface area contributed by atoms with E-state index in [9.17, 15) is 9.59 Å². The molecule has 1 fully saturated rings. The molecule has 2 amide bonds. The highest BCUT2D eigenvalue weighted by molar-refractivity contribution is 14.0. The normalized spacial score (nSPS) is 16.2. The zero-order chi connectivity index (χ0) is 21.7. The van der Waals surface area contributed by atoms with Crippen molar-refractivity contribution < 1.29 is 14.3 Å². The number of fused-ring (bicyclic) bond motifs is 1. The lowest BCUT2D eigenvalue weighted by Gasteiger charge is -2.40. The molecular formula is C22H34IN5O3. The number of halogens is 1. The van der Waals surface area contributed by atoms with E-state index in [1.54, 1.807) is 11.9 Å². The summed E-state index contributed by atoms with van der Waals surface area (Å²) in [5.74, 6) is 0.847. The Bertz CT molecular complexity index is 803. The number of nitrogens with one attached hydrogen (secondary N) is 2. The Labute approximate surface area is 201 Å². The van der Waals surface area contributed by atoms with Crippen LogP contribution in [-0.2, 0) is 16.0 Å². The Morgan fingerprint density at radius 1 is 1.23 bits per heavy atom. The first kappa shape index (κ1) is 25.2. The highest BCUT2D eigenvalue weighted by Crippen LogP contribution is 2.28. The fraction of sp³-hybridized carbons (Fsp3) is 0.591. The number of rotatable bonds is 5. The van der Waals surface area contributed by atoms with E-state index in [0.717, 1.165) is 25.1 Å². The smallest absolute Gasteiger partial charge is 0.410 e. The molecule has 1 aromatic carbocycles. The second-order valence-electron chi connectivity index (χ2n) is 8.75. The van der Waals surface area contributed by atoms with Gasteiger partial charge in [0.2, 0.25) is 5.91 Å². The molecule has 1 saturated heterocycles. The number of nitrogens with zero attached hydrogens (tertiary/aromatic N) is 3. The highest BCUT2D eigenvalue weighted by atomic mass is 127. The Morgan fingerprint density at radius 2 is 1.94 bits per heavy atom. The Balaban J connectivity index is 0.00000341. The fourth-order valence-corrected chi connectivity index (χ4v) is 3.61. The summed E-state index contributed by atoms with van der Waals surface area (Å²) in [6.07, 6.45) is 1.87. The number of likely N-dealkylation sites (tertiary alicyclic amines) is 1. The molecule has 2 heterocycles. The van der Waals surface area contributed by atoms with Crippen LogP contribution in [0.3, 0.4) is 0 Å². The minimum atomic E-state index is -0.484. The van der Waals surface area contributed by atoms with Gasteiger partial charge in [-0.1, -0.05) is 18.2 Å². The van der Waals surface area contributed by atoms with Gasteiger partial charge in [-0.15, -0.1) is 24.0 Å². The number of carbonyl (C=O) groups is 2. The van der Waals surface area contributed by atoms with Gasteiger partial charge in [-0.3, -0.25) is 9.79 Å². The summed E-state index contributed by atoms with van der Waals surface area (Å²) >= 11 is 0. The van der Waals surface area contributed by atoms with Crippen molar-refractivity contribution in [2.45, 2.75) is 51.7 Å². The van der Waals surface area contributed by atoms with Gasteiger partial charge in [-0.25, -0.2) is 4.79 Å². The number of guanidine groups is 1. The van der Waals surface area contributed by atoms with Crippen LogP contribution >= 0.6 is 24.0 Å². The summed E-state index contributed by atoms with van der Waals surface area (Å²) < 4.78 is 5.36. The van der Waals surface area contributed by atoms with Crippen LogP contribution in [0.1, 0.15) is 39.2 Å². The lowest BCUT2D eigenvalue weighted by Crippen LogP contribution is -2.63. The van der Waals surface area contributed by atoms with Gasteiger partial charge in [-0.05, 0) is 45.2 Å². The van der Waals surface area contributed by atoms with Gasteiger partial charge < -0.3 is 25.2 Å². The zero-order valence-electron chi connectivity index (χ0n) is 18.8. The molecule has 0 aromatic heterocycles. The molecule has 3 rings (SSSR count). The molecule has 0 saturated carbocycles. The topological polar surface area (TPSA) is 86.3 Å². The van der Waals surface area contributed by atoms with Crippen molar-refractivity contribution in [1.82, 2.24) is 15.5 Å². The van der Waals surface area contributed by atoms with Crippen LogP contribution in [0, 0.1) is 0 Å². The summed E-state index contributed by atoms with van der Waals surface area (Å²) in [5.41, 5.74) is 1.81. The third-order valence-corrected chi connectivity index (χ3v) is 5.15. The van der Waals surface area contributed by atoms with Crippen molar-refractivity contribution in [3.05, 3.63) is 29.8 Å². The molecule has 0 aliphatic carbocycles. The maximum Gasteiger partial charge on any atom is 0.410 e. The fourth-order valence-electron chi connectivity index (χ4n) is 3.61. The predicted octanol–water partition coefficient (Wildman–Crippen LogP) is 2.76. The van der Waals surface area contributed by atoms with Gasteiger partial charge in [0.05, 0.1) is 6.04 Å². The summed E-state index contributed by atoms with van der Waals surface area (Å²) in [6.45, 7) is 8.18. The zero-order valence-corrected chi connectivity index (χ0v) is 21.1. The standard InChI is InChI=1S/C22H33N5O3.HI/c1-22(2,3)30-21(29)26-14-17(15-26)25-20(23-4)24-12-7-10-19(28)27-13-11-16-8-5-6-9-18(16)27;/h5-6,8-9,17H,7,10-15H2,1-4H3,(H2,23,24,25);1H. The van der Waals surface area contributed by atoms with Crippen LogP contribution in [0.4, 0.5) is 10.5 Å². The van der Waals surface area contributed by atoms with Crippen LogP contribution in [0.2, 0.25) is 0 Å². The number of aliphatic imine (C=N–C) groups is 1. The molecule has 2 aliphatic rings. The minimum absolute atomic E-state index is 0. The molecule has 9 heteroatoms. The maximum atomic E-state index is 12.6. The summed E-state index contributed by atoms with van der Waals surface area (Å²) in [6, 6.07) is 8.25. The Morgan fingerprint density at radius 3 is 2.61 bits per heavy atom. The Kier molecular flexibility index (Phi) is 8.96. The number of amides is 2. The molecule has 8 nitrogen and oxygen atoms in total. The van der Waals surface area contributed by atoms with Crippen molar-refractivity contribution in [1.29, 1.82) is 0 Å². The summed E-state index contributed by atoms with van der Waals surface area (Å²) in [5, 5.41) is 6.55. The van der Waals surface area contributed by atoms with Crippen molar-refractivity contribution in [3.63, 3.8) is 0 Å². The van der Waals surface area contributed by atoms with Gasteiger partial charge >= 0.3 is 6.09 Å². The highest BCUT2D eigenvalue weighted by Gasteiger charge is 2.34. The number of ether oxygens (including phenoxy) is 1. The molecule has 0 radical (unpaired) electrons. The molecule has 0 spiro atoms. The quantitative estimate of drug-likeness (QED) is 0.258. The first-order valence-corrected chi connectivity index (χ1v) is 10.6. The SMILES string of the molecule is CN=C(NCCCC(=O)N1CCc2ccccc21)NC1CN(C(=O)OC(C)(C)C)C1.I. The van der Waals surface area contributed by atoms with E-state index in [1.807, 2.05) is 43.9 Å². The van der Waals surface area contributed by atoms with Crippen molar-refractivity contribution in [2.24, 2.45) is 4.99 Å². The average Bonchev–Trinajstić information content (AvgIpc) is 3.08. The van der Waals surface area contributed by atoms with Gasteiger partial charge in [0.15, 0.2) is 5.96 Å². The molecule has 1 aromatic rings. The van der Waals surface area contributed by atoms with Gasteiger partial charge in [0.1, 0.15) is 5.60 Å². The van der Waals surface area contributed by atoms with Crippen LogP contribution in [0.5, 0.6) is 0 Å². The van der Waals surface area contributed by atoms with Gasteiger partial charge in [-0.2, -0.15) is 0 Å². The van der Waals surface area contributed by atoms with E-state index < -0.39 is 5.60 Å². The second-order valence-corrected chi connectivity index (χ2v) is 8.75. The third-order valence-electron chi connectivity index (χ3n) is 5.15. The monoisotopic (exact) mass is 543 g/mol. The molecular weight excluding hydrogens is 509 g/mol. The van der Waals surface area contributed by atoms with E-state index in [0.29, 0.717) is 32.0 Å². The minimum Gasteiger partial charge on any atom is -0.444 e. The lowest BCUT2D eigenvalue weighted by atomic mass is 10.1. The second kappa shape index (κ2) is 11.0.